The van der Waals surface area contributed by atoms with Crippen LogP contribution in [0.4, 0.5) is 0 Å². The lowest BCUT2D eigenvalue weighted by Crippen LogP contribution is -2.48. The molecular weight excluding hydrogens is 298 g/mol. The van der Waals surface area contributed by atoms with Crippen LogP contribution in [-0.2, 0) is 9.53 Å². The number of ether oxygens (including phenoxy) is 1. The summed E-state index contributed by atoms with van der Waals surface area (Å²) in [5.74, 6) is 0.216. The SMILES string of the molecule is CCCC1(OC(=O)/C=C\c2ccccc2)CCCCC1CN(C)C. The summed E-state index contributed by atoms with van der Waals surface area (Å²) < 4.78 is 6.10. The van der Waals surface area contributed by atoms with Crippen molar-refractivity contribution in [3.8, 4) is 0 Å². The molecule has 0 amide bonds. The van der Waals surface area contributed by atoms with E-state index >= 15 is 0 Å². The van der Waals surface area contributed by atoms with E-state index < -0.39 is 0 Å². The smallest absolute Gasteiger partial charge is 0.331 e. The fraction of sp³-hybridized carbons (Fsp3) is 0.571. The molecule has 1 aliphatic rings. The molecule has 0 N–H and O–H groups in total. The van der Waals surface area contributed by atoms with Crippen LogP contribution in [0.5, 0.6) is 0 Å². The van der Waals surface area contributed by atoms with Crippen LogP contribution in [0.2, 0.25) is 0 Å². The predicted molar refractivity (Wildman–Crippen MR) is 99.7 cm³/mol. The largest absolute Gasteiger partial charge is 0.456 e. The van der Waals surface area contributed by atoms with Crippen LogP contribution in [0.25, 0.3) is 6.08 Å². The minimum atomic E-state index is -0.296. The van der Waals surface area contributed by atoms with Crippen molar-refractivity contribution >= 4 is 12.0 Å². The Balaban J connectivity index is 2.10. The lowest BCUT2D eigenvalue weighted by molar-refractivity contribution is -0.167. The summed E-state index contributed by atoms with van der Waals surface area (Å²) in [5.41, 5.74) is 0.725. The van der Waals surface area contributed by atoms with Crippen LogP contribution in [0.1, 0.15) is 51.0 Å². The van der Waals surface area contributed by atoms with Gasteiger partial charge in [0.15, 0.2) is 0 Å². The van der Waals surface area contributed by atoms with Crippen LogP contribution in [0.15, 0.2) is 36.4 Å². The number of carbonyl (C=O) groups excluding carboxylic acids is 1. The van der Waals surface area contributed by atoms with Gasteiger partial charge in [0.1, 0.15) is 5.60 Å². The molecule has 2 unspecified atom stereocenters. The normalized spacial score (nSPS) is 24.4. The Kier molecular flexibility index (Phi) is 7.04. The molecule has 1 aromatic rings. The van der Waals surface area contributed by atoms with Gasteiger partial charge in [0.2, 0.25) is 0 Å². The Bertz CT molecular complexity index is 534. The highest BCUT2D eigenvalue weighted by atomic mass is 16.6. The first kappa shape index (κ1) is 18.7. The van der Waals surface area contributed by atoms with Crippen molar-refractivity contribution in [2.75, 3.05) is 20.6 Å². The Hall–Kier alpha value is -1.61. The molecule has 0 aliphatic heterocycles. The number of rotatable bonds is 7. The molecule has 132 valence electrons. The molecule has 1 fully saturated rings. The second-order valence-electron chi connectivity index (χ2n) is 7.18. The molecule has 0 spiro atoms. The Morgan fingerprint density at radius 3 is 2.71 bits per heavy atom. The summed E-state index contributed by atoms with van der Waals surface area (Å²) in [5, 5.41) is 0. The Labute approximate surface area is 146 Å². The Morgan fingerprint density at radius 1 is 1.29 bits per heavy atom. The summed E-state index contributed by atoms with van der Waals surface area (Å²) >= 11 is 0. The first-order valence-corrected chi connectivity index (χ1v) is 9.16. The van der Waals surface area contributed by atoms with Crippen LogP contribution in [0, 0.1) is 5.92 Å². The van der Waals surface area contributed by atoms with Gasteiger partial charge in [0.05, 0.1) is 0 Å². The summed E-state index contributed by atoms with van der Waals surface area (Å²) in [6.45, 7) is 3.16. The molecule has 1 aromatic carbocycles. The van der Waals surface area contributed by atoms with Gasteiger partial charge in [-0.15, -0.1) is 0 Å². The molecule has 3 heteroatoms. The van der Waals surface area contributed by atoms with Crippen LogP contribution in [0.3, 0.4) is 0 Å². The van der Waals surface area contributed by atoms with E-state index in [0.29, 0.717) is 5.92 Å². The van der Waals surface area contributed by atoms with Crippen molar-refractivity contribution in [1.82, 2.24) is 4.90 Å². The van der Waals surface area contributed by atoms with Gasteiger partial charge in [-0.05, 0) is 51.4 Å². The predicted octanol–water partition coefficient (Wildman–Crippen LogP) is 4.53. The molecule has 1 aliphatic carbocycles. The number of esters is 1. The molecule has 2 atom stereocenters. The summed E-state index contributed by atoms with van der Waals surface area (Å²) in [6.07, 6.45) is 9.94. The maximum absolute atomic E-state index is 12.5. The van der Waals surface area contributed by atoms with Crippen molar-refractivity contribution < 1.29 is 9.53 Å². The van der Waals surface area contributed by atoms with E-state index in [9.17, 15) is 4.79 Å². The molecule has 24 heavy (non-hydrogen) atoms. The number of carbonyl (C=O) groups is 1. The zero-order chi connectivity index (χ0) is 17.4. The highest BCUT2D eigenvalue weighted by Gasteiger charge is 2.43. The second-order valence-corrected chi connectivity index (χ2v) is 7.18. The minimum absolute atomic E-state index is 0.210. The zero-order valence-corrected chi connectivity index (χ0v) is 15.3. The maximum Gasteiger partial charge on any atom is 0.331 e. The van der Waals surface area contributed by atoms with Gasteiger partial charge in [-0.3, -0.25) is 0 Å². The van der Waals surface area contributed by atoms with Crippen molar-refractivity contribution in [1.29, 1.82) is 0 Å². The topological polar surface area (TPSA) is 29.5 Å². The van der Waals surface area contributed by atoms with E-state index in [1.807, 2.05) is 36.4 Å². The number of benzene rings is 1. The fourth-order valence-electron chi connectivity index (χ4n) is 3.88. The maximum atomic E-state index is 12.5. The first-order valence-electron chi connectivity index (χ1n) is 9.16. The molecule has 3 nitrogen and oxygen atoms in total. The lowest BCUT2D eigenvalue weighted by atomic mass is 9.72. The molecule has 1 saturated carbocycles. The summed E-state index contributed by atoms with van der Waals surface area (Å²) in [4.78, 5) is 14.7. The minimum Gasteiger partial charge on any atom is -0.456 e. The van der Waals surface area contributed by atoms with E-state index in [4.69, 9.17) is 4.74 Å². The van der Waals surface area contributed by atoms with Crippen molar-refractivity contribution in [3.05, 3.63) is 42.0 Å². The third-order valence-electron chi connectivity index (χ3n) is 4.92. The van der Waals surface area contributed by atoms with Gasteiger partial charge in [0, 0.05) is 18.5 Å². The fourth-order valence-corrected chi connectivity index (χ4v) is 3.88. The van der Waals surface area contributed by atoms with Crippen LogP contribution >= 0.6 is 0 Å². The summed E-state index contributed by atoms with van der Waals surface area (Å²) in [7, 11) is 4.20. The molecule has 2 rings (SSSR count). The van der Waals surface area contributed by atoms with Gasteiger partial charge in [0.25, 0.3) is 0 Å². The zero-order valence-electron chi connectivity index (χ0n) is 15.3. The lowest BCUT2D eigenvalue weighted by Gasteiger charge is -2.44. The van der Waals surface area contributed by atoms with E-state index in [0.717, 1.165) is 44.2 Å². The number of hydrogen-bond acceptors (Lipinski definition) is 3. The molecular formula is C21H31NO2. The third kappa shape index (κ3) is 5.20. The molecule has 0 heterocycles. The van der Waals surface area contributed by atoms with Crippen LogP contribution < -0.4 is 0 Å². The van der Waals surface area contributed by atoms with E-state index in [1.165, 1.54) is 6.42 Å². The van der Waals surface area contributed by atoms with E-state index in [1.54, 1.807) is 6.08 Å². The summed E-state index contributed by atoms with van der Waals surface area (Å²) in [6, 6.07) is 9.89. The first-order chi connectivity index (χ1) is 11.6. The Morgan fingerprint density at radius 2 is 2.04 bits per heavy atom. The molecule has 0 bridgehead atoms. The van der Waals surface area contributed by atoms with Crippen LogP contribution in [-0.4, -0.2) is 37.1 Å². The number of hydrogen-bond donors (Lipinski definition) is 0. The molecule has 0 aromatic heterocycles. The third-order valence-corrected chi connectivity index (χ3v) is 4.92. The van der Waals surface area contributed by atoms with Gasteiger partial charge < -0.3 is 9.64 Å². The van der Waals surface area contributed by atoms with Crippen molar-refractivity contribution in [2.24, 2.45) is 5.92 Å². The highest BCUT2D eigenvalue weighted by Crippen LogP contribution is 2.41. The standard InChI is InChI=1S/C21H31NO2/c1-4-15-21(16-9-8-12-19(21)17-22(2)3)24-20(23)14-13-18-10-6-5-7-11-18/h5-7,10-11,13-14,19H,4,8-9,12,15-17H2,1-3H3/b14-13-. The number of nitrogens with zero attached hydrogens (tertiary/aromatic N) is 1. The van der Waals surface area contributed by atoms with E-state index in [2.05, 4.69) is 25.9 Å². The quantitative estimate of drug-likeness (QED) is 0.543. The second kappa shape index (κ2) is 9.03. The van der Waals surface area contributed by atoms with Gasteiger partial charge in [-0.25, -0.2) is 4.79 Å². The van der Waals surface area contributed by atoms with Gasteiger partial charge >= 0.3 is 5.97 Å². The highest BCUT2D eigenvalue weighted by molar-refractivity contribution is 5.87. The molecule has 0 saturated heterocycles. The van der Waals surface area contributed by atoms with Gasteiger partial charge in [-0.1, -0.05) is 50.1 Å². The molecule has 0 radical (unpaired) electrons. The average Bonchev–Trinajstić information content (AvgIpc) is 2.56. The van der Waals surface area contributed by atoms with Crippen molar-refractivity contribution in [2.45, 2.75) is 51.0 Å². The van der Waals surface area contributed by atoms with Gasteiger partial charge in [-0.2, -0.15) is 0 Å². The van der Waals surface area contributed by atoms with E-state index in [-0.39, 0.29) is 11.6 Å². The average molecular weight is 329 g/mol. The monoisotopic (exact) mass is 329 g/mol. The van der Waals surface area contributed by atoms with Crippen molar-refractivity contribution in [3.63, 3.8) is 0 Å².